The summed E-state index contributed by atoms with van der Waals surface area (Å²) in [7, 11) is 0. The highest BCUT2D eigenvalue weighted by atomic mass is 79.9. The maximum Gasteiger partial charge on any atom is 0.198 e. The summed E-state index contributed by atoms with van der Waals surface area (Å²) in [5.41, 5.74) is 1.90. The number of aromatic amines is 1. The Morgan fingerprint density at radius 3 is 2.80 bits per heavy atom. The predicted octanol–water partition coefficient (Wildman–Crippen LogP) is 4.61. The monoisotopic (exact) mass is 331 g/mol. The van der Waals surface area contributed by atoms with Crippen LogP contribution in [0.1, 0.15) is 21.5 Å². The van der Waals surface area contributed by atoms with Crippen molar-refractivity contribution in [3.05, 3.63) is 69.6 Å². The Balaban J connectivity index is 2.18. The second kappa shape index (κ2) is 4.87. The smallest absolute Gasteiger partial charge is 0.198 e. The van der Waals surface area contributed by atoms with Gasteiger partial charge < -0.3 is 4.98 Å². The number of halogens is 2. The van der Waals surface area contributed by atoms with E-state index in [1.165, 1.54) is 6.07 Å². The van der Waals surface area contributed by atoms with Gasteiger partial charge in [0.2, 0.25) is 0 Å². The Kier molecular flexibility index (Phi) is 3.18. The quantitative estimate of drug-likeness (QED) is 0.683. The molecule has 1 aromatic heterocycles. The van der Waals surface area contributed by atoms with E-state index >= 15 is 0 Å². The lowest BCUT2D eigenvalue weighted by molar-refractivity contribution is 0.103. The number of fused-ring (bicyclic) bond motifs is 1. The number of ketones is 1. The van der Waals surface area contributed by atoms with Gasteiger partial charge in [0, 0.05) is 27.1 Å². The minimum Gasteiger partial charge on any atom is -0.360 e. The number of hydrogen-bond donors (Lipinski definition) is 1. The highest BCUT2D eigenvalue weighted by molar-refractivity contribution is 9.10. The van der Waals surface area contributed by atoms with Crippen molar-refractivity contribution in [3.8, 4) is 0 Å². The molecule has 2 aromatic carbocycles. The molecule has 100 valence electrons. The van der Waals surface area contributed by atoms with Crippen LogP contribution >= 0.6 is 15.9 Å². The van der Waals surface area contributed by atoms with E-state index in [-0.39, 0.29) is 11.3 Å². The molecule has 3 rings (SSSR count). The summed E-state index contributed by atoms with van der Waals surface area (Å²) >= 11 is 3.38. The molecule has 0 aliphatic rings. The normalized spacial score (nSPS) is 10.9. The molecular formula is C16H11BrFNO. The van der Waals surface area contributed by atoms with Crippen LogP contribution in [0.4, 0.5) is 4.39 Å². The van der Waals surface area contributed by atoms with E-state index in [0.717, 1.165) is 15.4 Å². The highest BCUT2D eigenvalue weighted by Crippen LogP contribution is 2.25. The van der Waals surface area contributed by atoms with Crippen molar-refractivity contribution in [1.29, 1.82) is 0 Å². The molecule has 0 saturated carbocycles. The number of carbonyl (C=O) groups is 1. The van der Waals surface area contributed by atoms with E-state index in [2.05, 4.69) is 20.9 Å². The van der Waals surface area contributed by atoms with E-state index in [1.54, 1.807) is 25.3 Å². The summed E-state index contributed by atoms with van der Waals surface area (Å²) in [4.78, 5) is 15.6. The Bertz CT molecular complexity index is 822. The van der Waals surface area contributed by atoms with Gasteiger partial charge in [-0.05, 0) is 36.8 Å². The van der Waals surface area contributed by atoms with Crippen LogP contribution in [0.15, 0.2) is 47.1 Å². The van der Waals surface area contributed by atoms with Crippen LogP contribution in [0.2, 0.25) is 0 Å². The van der Waals surface area contributed by atoms with E-state index < -0.39 is 5.82 Å². The molecule has 0 radical (unpaired) electrons. The van der Waals surface area contributed by atoms with Crippen molar-refractivity contribution >= 4 is 32.6 Å². The molecule has 1 N–H and O–H groups in total. The molecule has 0 fully saturated rings. The number of hydrogen-bond acceptors (Lipinski definition) is 1. The lowest BCUT2D eigenvalue weighted by Crippen LogP contribution is -2.04. The van der Waals surface area contributed by atoms with Crippen LogP contribution in [0, 0.1) is 12.7 Å². The summed E-state index contributed by atoms with van der Waals surface area (Å²) in [6, 6.07) is 10.5. The summed E-state index contributed by atoms with van der Waals surface area (Å²) in [5, 5.41) is 0.783. The number of carbonyl (C=O) groups excluding carboxylic acids is 1. The number of nitrogens with one attached hydrogen (secondary N) is 1. The van der Waals surface area contributed by atoms with Gasteiger partial charge in [-0.25, -0.2) is 4.39 Å². The first-order chi connectivity index (χ1) is 9.58. The first kappa shape index (κ1) is 13.1. The molecular weight excluding hydrogens is 321 g/mol. The van der Waals surface area contributed by atoms with Crippen LogP contribution in [-0.2, 0) is 0 Å². The zero-order valence-corrected chi connectivity index (χ0v) is 12.3. The maximum atomic E-state index is 14.1. The highest BCUT2D eigenvalue weighted by Gasteiger charge is 2.18. The SMILES string of the molecule is Cc1cccc(C(=O)c2c[nH]c3ccc(Br)cc23)c1F. The fourth-order valence-corrected chi connectivity index (χ4v) is 2.61. The second-order valence-corrected chi connectivity index (χ2v) is 5.57. The zero-order chi connectivity index (χ0) is 14.3. The van der Waals surface area contributed by atoms with Gasteiger partial charge in [-0.3, -0.25) is 4.79 Å². The third-order valence-electron chi connectivity index (χ3n) is 3.32. The summed E-state index contributed by atoms with van der Waals surface area (Å²) < 4.78 is 15.0. The molecule has 0 atom stereocenters. The van der Waals surface area contributed by atoms with Gasteiger partial charge in [-0.2, -0.15) is 0 Å². The van der Waals surface area contributed by atoms with Crippen molar-refractivity contribution in [2.24, 2.45) is 0 Å². The molecule has 2 nitrogen and oxygen atoms in total. The average Bonchev–Trinajstić information content (AvgIpc) is 2.84. The summed E-state index contributed by atoms with van der Waals surface area (Å²) in [6.07, 6.45) is 1.63. The number of H-pyrrole nitrogens is 1. The third-order valence-corrected chi connectivity index (χ3v) is 3.82. The van der Waals surface area contributed by atoms with Crippen LogP contribution in [0.25, 0.3) is 10.9 Å². The molecule has 0 amide bonds. The molecule has 1 heterocycles. The lowest BCUT2D eigenvalue weighted by Gasteiger charge is -2.04. The fourth-order valence-electron chi connectivity index (χ4n) is 2.25. The fraction of sp³-hybridized carbons (Fsp3) is 0.0625. The Hall–Kier alpha value is -1.94. The van der Waals surface area contributed by atoms with Crippen molar-refractivity contribution in [2.75, 3.05) is 0 Å². The molecule has 20 heavy (non-hydrogen) atoms. The first-order valence-corrected chi connectivity index (χ1v) is 6.93. The number of benzene rings is 2. The molecule has 0 unspecified atom stereocenters. The Morgan fingerprint density at radius 1 is 1.20 bits per heavy atom. The van der Waals surface area contributed by atoms with Crippen LogP contribution < -0.4 is 0 Å². The molecule has 0 aliphatic carbocycles. The average molecular weight is 332 g/mol. The van der Waals surface area contributed by atoms with Crippen molar-refractivity contribution < 1.29 is 9.18 Å². The lowest BCUT2D eigenvalue weighted by atomic mass is 10.0. The number of rotatable bonds is 2. The minimum atomic E-state index is -0.457. The topological polar surface area (TPSA) is 32.9 Å². The minimum absolute atomic E-state index is 0.103. The zero-order valence-electron chi connectivity index (χ0n) is 10.7. The molecule has 4 heteroatoms. The van der Waals surface area contributed by atoms with Crippen molar-refractivity contribution in [1.82, 2.24) is 4.98 Å². The Labute approximate surface area is 123 Å². The van der Waals surface area contributed by atoms with E-state index in [1.807, 2.05) is 18.2 Å². The second-order valence-electron chi connectivity index (χ2n) is 4.66. The first-order valence-electron chi connectivity index (χ1n) is 6.14. The van der Waals surface area contributed by atoms with Gasteiger partial charge in [-0.1, -0.05) is 28.1 Å². The standard InChI is InChI=1S/C16H11BrFNO/c1-9-3-2-4-11(15(9)18)16(20)13-8-19-14-6-5-10(17)7-12(13)14/h2-8,19H,1H3. The summed E-state index contributed by atoms with van der Waals surface area (Å²) in [5.74, 6) is -0.766. The number of aromatic nitrogens is 1. The van der Waals surface area contributed by atoms with Crippen LogP contribution in [-0.4, -0.2) is 10.8 Å². The predicted molar refractivity (Wildman–Crippen MR) is 80.6 cm³/mol. The molecule has 0 aliphatic heterocycles. The number of aryl methyl sites for hydroxylation is 1. The molecule has 3 aromatic rings. The Morgan fingerprint density at radius 2 is 2.00 bits per heavy atom. The van der Waals surface area contributed by atoms with E-state index in [4.69, 9.17) is 0 Å². The van der Waals surface area contributed by atoms with Crippen LogP contribution in [0.5, 0.6) is 0 Å². The molecule has 0 saturated heterocycles. The van der Waals surface area contributed by atoms with Gasteiger partial charge >= 0.3 is 0 Å². The largest absolute Gasteiger partial charge is 0.360 e. The summed E-state index contributed by atoms with van der Waals surface area (Å²) in [6.45, 7) is 1.65. The van der Waals surface area contributed by atoms with Gasteiger partial charge in [-0.15, -0.1) is 0 Å². The van der Waals surface area contributed by atoms with Gasteiger partial charge in [0.05, 0.1) is 5.56 Å². The van der Waals surface area contributed by atoms with Crippen molar-refractivity contribution in [2.45, 2.75) is 6.92 Å². The molecule has 0 bridgehead atoms. The van der Waals surface area contributed by atoms with E-state index in [0.29, 0.717) is 11.1 Å². The molecule has 0 spiro atoms. The maximum absolute atomic E-state index is 14.1. The van der Waals surface area contributed by atoms with Gasteiger partial charge in [0.25, 0.3) is 0 Å². The van der Waals surface area contributed by atoms with Crippen LogP contribution in [0.3, 0.4) is 0 Å². The third kappa shape index (κ3) is 2.06. The van der Waals surface area contributed by atoms with Gasteiger partial charge in [0.1, 0.15) is 5.82 Å². The van der Waals surface area contributed by atoms with E-state index in [9.17, 15) is 9.18 Å². The van der Waals surface area contributed by atoms with Gasteiger partial charge in [0.15, 0.2) is 5.78 Å². The van der Waals surface area contributed by atoms with Crippen molar-refractivity contribution in [3.63, 3.8) is 0 Å².